The molecule has 0 atom stereocenters. The lowest BCUT2D eigenvalue weighted by atomic mass is 10.1. The van der Waals surface area contributed by atoms with Crippen molar-refractivity contribution >= 4 is 34.5 Å². The number of aromatic nitrogens is 1. The van der Waals surface area contributed by atoms with E-state index in [1.165, 1.54) is 13.2 Å². The van der Waals surface area contributed by atoms with E-state index in [1.54, 1.807) is 18.2 Å². The van der Waals surface area contributed by atoms with E-state index in [0.717, 1.165) is 22.0 Å². The second-order valence-corrected chi connectivity index (χ2v) is 5.09. The summed E-state index contributed by atoms with van der Waals surface area (Å²) < 4.78 is 10.0. The van der Waals surface area contributed by atoms with Gasteiger partial charge in [0.25, 0.3) is 0 Å². The summed E-state index contributed by atoms with van der Waals surface area (Å²) in [5.41, 5.74) is 2.50. The Hall–Kier alpha value is -2.59. The molecule has 110 valence electrons. The predicted molar refractivity (Wildman–Crippen MR) is 85.5 cm³/mol. The fourth-order valence-corrected chi connectivity index (χ4v) is 2.23. The minimum absolute atomic E-state index is 0.400. The van der Waals surface area contributed by atoms with Crippen molar-refractivity contribution in [1.29, 1.82) is 0 Å². The molecule has 0 saturated carbocycles. The maximum atomic E-state index is 11.2. The van der Waals surface area contributed by atoms with Crippen molar-refractivity contribution < 1.29 is 14.1 Å². The van der Waals surface area contributed by atoms with Gasteiger partial charge in [0.15, 0.2) is 5.76 Å². The Bertz CT molecular complexity index is 850. The number of benzene rings is 2. The summed E-state index contributed by atoms with van der Waals surface area (Å²) in [5, 5.41) is 5.58. The van der Waals surface area contributed by atoms with E-state index in [0.29, 0.717) is 10.8 Å². The van der Waals surface area contributed by atoms with E-state index in [-0.39, 0.29) is 0 Å². The van der Waals surface area contributed by atoms with Crippen LogP contribution in [0.2, 0.25) is 5.02 Å². The van der Waals surface area contributed by atoms with E-state index in [9.17, 15) is 4.79 Å². The first-order valence-electron chi connectivity index (χ1n) is 6.59. The molecule has 0 saturated heterocycles. The molecule has 0 aliphatic heterocycles. The zero-order chi connectivity index (χ0) is 15.5. The van der Waals surface area contributed by atoms with Crippen molar-refractivity contribution in [2.75, 3.05) is 7.11 Å². The Labute approximate surface area is 131 Å². The average molecular weight is 314 g/mol. The lowest BCUT2D eigenvalue weighted by Gasteiger charge is -1.98. The number of hydrogen-bond acceptors (Lipinski definition) is 4. The third-order valence-corrected chi connectivity index (χ3v) is 3.47. The van der Waals surface area contributed by atoms with Crippen LogP contribution in [0.4, 0.5) is 0 Å². The van der Waals surface area contributed by atoms with Gasteiger partial charge in [0.1, 0.15) is 5.52 Å². The molecule has 1 heterocycles. The highest BCUT2D eigenvalue weighted by molar-refractivity contribution is 6.30. The van der Waals surface area contributed by atoms with Gasteiger partial charge in [-0.2, -0.15) is 0 Å². The zero-order valence-corrected chi connectivity index (χ0v) is 12.5. The van der Waals surface area contributed by atoms with Gasteiger partial charge < -0.3 is 9.26 Å². The average Bonchev–Trinajstić information content (AvgIpc) is 2.96. The predicted octanol–water partition coefficient (Wildman–Crippen LogP) is 4.33. The smallest absolute Gasteiger partial charge is 0.330 e. The van der Waals surface area contributed by atoms with Crippen LogP contribution in [0.1, 0.15) is 5.56 Å². The van der Waals surface area contributed by atoms with E-state index in [1.807, 2.05) is 30.3 Å². The van der Waals surface area contributed by atoms with Crippen LogP contribution in [0.5, 0.6) is 0 Å². The third kappa shape index (κ3) is 2.87. The summed E-state index contributed by atoms with van der Waals surface area (Å²) >= 11 is 5.90. The first kappa shape index (κ1) is 14.4. The Morgan fingerprint density at radius 2 is 2.00 bits per heavy atom. The molecule has 0 aliphatic carbocycles. The van der Waals surface area contributed by atoms with Crippen LogP contribution in [0.15, 0.2) is 53.1 Å². The molecule has 0 radical (unpaired) electrons. The topological polar surface area (TPSA) is 52.3 Å². The van der Waals surface area contributed by atoms with Crippen LogP contribution in [0, 0.1) is 0 Å². The molecular weight excluding hydrogens is 302 g/mol. The van der Waals surface area contributed by atoms with E-state index in [2.05, 4.69) is 9.89 Å². The fraction of sp³-hybridized carbons (Fsp3) is 0.0588. The highest BCUT2D eigenvalue weighted by Crippen LogP contribution is 2.30. The number of fused-ring (bicyclic) bond motifs is 1. The van der Waals surface area contributed by atoms with Gasteiger partial charge in [-0.15, -0.1) is 0 Å². The van der Waals surface area contributed by atoms with Gasteiger partial charge in [0.05, 0.1) is 12.5 Å². The second kappa shape index (κ2) is 6.03. The van der Waals surface area contributed by atoms with Gasteiger partial charge in [-0.25, -0.2) is 4.79 Å². The lowest BCUT2D eigenvalue weighted by Crippen LogP contribution is -1.93. The highest BCUT2D eigenvalue weighted by atomic mass is 35.5. The normalized spacial score (nSPS) is 11.2. The van der Waals surface area contributed by atoms with Gasteiger partial charge in [0.2, 0.25) is 0 Å². The second-order valence-electron chi connectivity index (χ2n) is 4.65. The first-order valence-corrected chi connectivity index (χ1v) is 6.96. The molecule has 0 bridgehead atoms. The number of methoxy groups -OCH3 is 1. The van der Waals surface area contributed by atoms with Gasteiger partial charge >= 0.3 is 5.97 Å². The zero-order valence-electron chi connectivity index (χ0n) is 11.7. The van der Waals surface area contributed by atoms with Gasteiger partial charge in [-0.1, -0.05) is 22.8 Å². The van der Waals surface area contributed by atoms with Gasteiger partial charge in [-0.3, -0.25) is 0 Å². The molecule has 0 unspecified atom stereocenters. The largest absolute Gasteiger partial charge is 0.466 e. The Morgan fingerprint density at radius 1 is 1.23 bits per heavy atom. The molecule has 1 aromatic heterocycles. The van der Waals surface area contributed by atoms with E-state index in [4.69, 9.17) is 16.1 Å². The van der Waals surface area contributed by atoms with E-state index < -0.39 is 5.97 Å². The quantitative estimate of drug-likeness (QED) is 0.533. The minimum Gasteiger partial charge on any atom is -0.466 e. The molecule has 0 amide bonds. The molecular formula is C17H12ClNO3. The third-order valence-electron chi connectivity index (χ3n) is 3.22. The maximum Gasteiger partial charge on any atom is 0.330 e. The standard InChI is InChI=1S/C17H12ClNO3/c1-21-16(20)9-3-11-2-8-15-14(10-11)17(22-19-15)12-4-6-13(18)7-5-12/h2-10H,1H3/b9-3+. The van der Waals surface area contributed by atoms with Crippen LogP contribution < -0.4 is 0 Å². The number of hydrogen-bond donors (Lipinski definition) is 0. The molecule has 0 fully saturated rings. The molecule has 4 nitrogen and oxygen atoms in total. The van der Waals surface area contributed by atoms with Crippen LogP contribution in [0.25, 0.3) is 28.3 Å². The molecule has 3 aromatic rings. The van der Waals surface area contributed by atoms with Crippen molar-refractivity contribution in [3.63, 3.8) is 0 Å². The van der Waals surface area contributed by atoms with Crippen LogP contribution in [-0.2, 0) is 9.53 Å². The maximum absolute atomic E-state index is 11.2. The van der Waals surface area contributed by atoms with Crippen molar-refractivity contribution in [3.8, 4) is 11.3 Å². The number of nitrogens with zero attached hydrogens (tertiary/aromatic N) is 1. The van der Waals surface area contributed by atoms with Gasteiger partial charge in [-0.05, 0) is 48.0 Å². The number of halogens is 1. The molecule has 0 spiro atoms. The monoisotopic (exact) mass is 313 g/mol. The Morgan fingerprint density at radius 3 is 2.73 bits per heavy atom. The van der Waals surface area contributed by atoms with Crippen molar-refractivity contribution in [3.05, 3.63) is 59.1 Å². The summed E-state index contributed by atoms with van der Waals surface area (Å²) in [6.07, 6.45) is 3.06. The fourth-order valence-electron chi connectivity index (χ4n) is 2.10. The number of rotatable bonds is 3. The van der Waals surface area contributed by atoms with Crippen LogP contribution in [0.3, 0.4) is 0 Å². The summed E-state index contributed by atoms with van der Waals surface area (Å²) in [5.74, 6) is 0.267. The van der Waals surface area contributed by atoms with Crippen molar-refractivity contribution in [1.82, 2.24) is 5.16 Å². The molecule has 5 heteroatoms. The molecule has 2 aromatic carbocycles. The minimum atomic E-state index is -0.400. The van der Waals surface area contributed by atoms with Crippen LogP contribution >= 0.6 is 11.6 Å². The van der Waals surface area contributed by atoms with Crippen molar-refractivity contribution in [2.24, 2.45) is 0 Å². The van der Waals surface area contributed by atoms with Gasteiger partial charge in [0, 0.05) is 16.7 Å². The Balaban J connectivity index is 2.03. The van der Waals surface area contributed by atoms with Crippen molar-refractivity contribution in [2.45, 2.75) is 0 Å². The Kier molecular flexibility index (Phi) is 3.94. The highest BCUT2D eigenvalue weighted by Gasteiger charge is 2.11. The molecule has 0 N–H and O–H groups in total. The molecule has 3 rings (SSSR count). The van der Waals surface area contributed by atoms with Crippen LogP contribution in [-0.4, -0.2) is 18.2 Å². The first-order chi connectivity index (χ1) is 10.7. The summed E-state index contributed by atoms with van der Waals surface area (Å²) in [6, 6.07) is 13.0. The number of carbonyl (C=O) groups excluding carboxylic acids is 1. The number of ether oxygens (including phenoxy) is 1. The molecule has 22 heavy (non-hydrogen) atoms. The summed E-state index contributed by atoms with van der Waals surface area (Å²) in [4.78, 5) is 11.2. The summed E-state index contributed by atoms with van der Waals surface area (Å²) in [7, 11) is 1.34. The summed E-state index contributed by atoms with van der Waals surface area (Å²) in [6.45, 7) is 0. The molecule has 0 aliphatic rings. The lowest BCUT2D eigenvalue weighted by molar-refractivity contribution is -0.134. The number of esters is 1. The SMILES string of the molecule is COC(=O)/C=C/c1ccc2noc(-c3ccc(Cl)cc3)c2c1. The van der Waals surface area contributed by atoms with E-state index >= 15 is 0 Å². The number of carbonyl (C=O) groups is 1.